The monoisotopic (exact) mass is 528 g/mol. The molecule has 0 aliphatic heterocycles. The van der Waals surface area contributed by atoms with E-state index in [1.807, 2.05) is 62.4 Å². The molecule has 1 amide bonds. The molecule has 1 aliphatic rings. The van der Waals surface area contributed by atoms with Crippen molar-refractivity contribution in [1.29, 1.82) is 0 Å². The molecule has 0 saturated heterocycles. The number of hydrogen-bond donors (Lipinski definition) is 1. The molecule has 196 valence electrons. The van der Waals surface area contributed by atoms with Gasteiger partial charge in [-0.3, -0.25) is 4.79 Å². The van der Waals surface area contributed by atoms with E-state index in [9.17, 15) is 9.59 Å². The smallest absolute Gasteiger partial charge is 0.341 e. The molecular weight excluding hydrogens is 496 g/mol. The maximum atomic E-state index is 13.9. The Morgan fingerprint density at radius 3 is 2.68 bits per heavy atom. The fraction of sp³-hybridized carbons (Fsp3) is 0.323. The van der Waals surface area contributed by atoms with Crippen molar-refractivity contribution in [2.24, 2.45) is 5.92 Å². The third kappa shape index (κ3) is 5.16. The summed E-state index contributed by atoms with van der Waals surface area (Å²) in [7, 11) is 0. The molecule has 1 unspecified atom stereocenters. The summed E-state index contributed by atoms with van der Waals surface area (Å²) in [4.78, 5) is 32.9. The van der Waals surface area contributed by atoms with Gasteiger partial charge in [0.15, 0.2) is 0 Å². The van der Waals surface area contributed by atoms with Crippen molar-refractivity contribution in [3.05, 3.63) is 76.2 Å². The summed E-state index contributed by atoms with van der Waals surface area (Å²) < 4.78 is 11.4. The summed E-state index contributed by atoms with van der Waals surface area (Å²) in [5.41, 5.74) is 4.17. The third-order valence-electron chi connectivity index (χ3n) is 6.70. The zero-order valence-electron chi connectivity index (χ0n) is 22.2. The molecule has 2 aromatic heterocycles. The van der Waals surface area contributed by atoms with Crippen LogP contribution in [0.25, 0.3) is 22.2 Å². The predicted molar refractivity (Wildman–Crippen MR) is 152 cm³/mol. The van der Waals surface area contributed by atoms with E-state index in [0.717, 1.165) is 40.7 Å². The van der Waals surface area contributed by atoms with E-state index in [4.69, 9.17) is 14.5 Å². The van der Waals surface area contributed by atoms with Gasteiger partial charge in [0.25, 0.3) is 5.91 Å². The van der Waals surface area contributed by atoms with Gasteiger partial charge in [-0.05, 0) is 75.8 Å². The van der Waals surface area contributed by atoms with Gasteiger partial charge in [0, 0.05) is 15.8 Å². The van der Waals surface area contributed by atoms with Crippen molar-refractivity contribution in [1.82, 2.24) is 4.98 Å². The van der Waals surface area contributed by atoms with Gasteiger partial charge in [-0.25, -0.2) is 9.78 Å². The van der Waals surface area contributed by atoms with Crippen LogP contribution in [0.2, 0.25) is 0 Å². The molecule has 38 heavy (non-hydrogen) atoms. The van der Waals surface area contributed by atoms with Gasteiger partial charge in [0.2, 0.25) is 0 Å². The second-order valence-corrected chi connectivity index (χ2v) is 11.1. The maximum Gasteiger partial charge on any atom is 0.341 e. The molecule has 5 rings (SSSR count). The molecule has 0 saturated carbocycles. The Balaban J connectivity index is 1.59. The highest BCUT2D eigenvalue weighted by molar-refractivity contribution is 7.17. The molecule has 0 radical (unpaired) electrons. The molecule has 2 aromatic carbocycles. The Kier molecular flexibility index (Phi) is 7.47. The maximum absolute atomic E-state index is 13.9. The lowest BCUT2D eigenvalue weighted by atomic mass is 9.88. The Morgan fingerprint density at radius 1 is 1.13 bits per heavy atom. The molecule has 2 heterocycles. The van der Waals surface area contributed by atoms with Gasteiger partial charge >= 0.3 is 5.97 Å². The number of hydrogen-bond acceptors (Lipinski definition) is 6. The van der Waals surface area contributed by atoms with Crippen LogP contribution >= 0.6 is 11.3 Å². The average Bonchev–Trinajstić information content (AvgIpc) is 3.24. The van der Waals surface area contributed by atoms with Gasteiger partial charge in [0.05, 0.1) is 35.0 Å². The van der Waals surface area contributed by atoms with E-state index in [0.29, 0.717) is 39.0 Å². The number of nitrogens with one attached hydrogen (secondary N) is 1. The highest BCUT2D eigenvalue weighted by Gasteiger charge is 2.29. The number of nitrogens with zero attached hydrogens (tertiary/aromatic N) is 1. The number of carbonyl (C=O) groups excluding carboxylic acids is 2. The van der Waals surface area contributed by atoms with Crippen LogP contribution in [0.4, 0.5) is 5.00 Å². The van der Waals surface area contributed by atoms with Crippen molar-refractivity contribution in [3.8, 4) is 17.0 Å². The SMILES string of the molecule is CCOC(=O)c1c(NC(=O)c2cc(-c3ccccc3OC(C)C)nc3ccccc23)sc2c1CCC(C)C2. The number of amides is 1. The van der Waals surface area contributed by atoms with Gasteiger partial charge in [0.1, 0.15) is 10.8 Å². The first-order valence-corrected chi connectivity index (χ1v) is 14.0. The van der Waals surface area contributed by atoms with Crippen LogP contribution in [0, 0.1) is 5.92 Å². The zero-order valence-corrected chi connectivity index (χ0v) is 23.0. The summed E-state index contributed by atoms with van der Waals surface area (Å²) in [6.07, 6.45) is 2.72. The van der Waals surface area contributed by atoms with E-state index in [1.54, 1.807) is 13.0 Å². The Morgan fingerprint density at radius 2 is 1.89 bits per heavy atom. The van der Waals surface area contributed by atoms with Gasteiger partial charge in [-0.1, -0.05) is 37.3 Å². The minimum absolute atomic E-state index is 0.00625. The van der Waals surface area contributed by atoms with Crippen molar-refractivity contribution < 1.29 is 19.1 Å². The highest BCUT2D eigenvalue weighted by Crippen LogP contribution is 2.41. The summed E-state index contributed by atoms with van der Waals surface area (Å²) in [6.45, 7) is 8.25. The van der Waals surface area contributed by atoms with Crippen molar-refractivity contribution in [2.45, 2.75) is 53.1 Å². The third-order valence-corrected chi connectivity index (χ3v) is 7.87. The fourth-order valence-corrected chi connectivity index (χ4v) is 6.36. The molecule has 0 spiro atoms. The number of thiophene rings is 1. The van der Waals surface area contributed by atoms with E-state index in [-0.39, 0.29) is 24.6 Å². The fourth-order valence-electron chi connectivity index (χ4n) is 4.96. The lowest BCUT2D eigenvalue weighted by Gasteiger charge is -2.18. The first-order valence-electron chi connectivity index (χ1n) is 13.1. The first kappa shape index (κ1) is 25.9. The minimum atomic E-state index is -0.380. The zero-order chi connectivity index (χ0) is 26.8. The number of benzene rings is 2. The first-order chi connectivity index (χ1) is 18.4. The number of ether oxygens (including phenoxy) is 2. The average molecular weight is 529 g/mol. The summed E-state index contributed by atoms with van der Waals surface area (Å²) in [5.74, 6) is 0.583. The molecule has 4 aromatic rings. The van der Waals surface area contributed by atoms with Crippen LogP contribution in [0.1, 0.15) is 65.3 Å². The van der Waals surface area contributed by atoms with E-state index >= 15 is 0 Å². The normalized spacial score (nSPS) is 14.8. The molecule has 6 nitrogen and oxygen atoms in total. The number of carbonyl (C=O) groups is 2. The van der Waals surface area contributed by atoms with E-state index in [1.165, 1.54) is 11.3 Å². The number of aromatic nitrogens is 1. The molecule has 0 fully saturated rings. The Labute approximate surface area is 227 Å². The standard InChI is InChI=1S/C31H32N2O4S/c1-5-36-31(35)28-22-15-14-19(4)16-27(22)38-30(28)33-29(34)23-17-25(32-24-12-8-6-10-20(23)24)21-11-7-9-13-26(21)37-18(2)3/h6-13,17-19H,5,14-16H2,1-4H3,(H,33,34). The van der Waals surface area contributed by atoms with Crippen LogP contribution < -0.4 is 10.1 Å². The predicted octanol–water partition coefficient (Wildman–Crippen LogP) is 7.30. The molecule has 1 aliphatic carbocycles. The summed E-state index contributed by atoms with van der Waals surface area (Å²) >= 11 is 1.49. The van der Waals surface area contributed by atoms with Gasteiger partial charge in [-0.2, -0.15) is 0 Å². The minimum Gasteiger partial charge on any atom is -0.490 e. The molecular formula is C31H32N2O4S. The second kappa shape index (κ2) is 11.0. The van der Waals surface area contributed by atoms with Crippen LogP contribution in [0.5, 0.6) is 5.75 Å². The van der Waals surface area contributed by atoms with Crippen LogP contribution in [-0.2, 0) is 17.6 Å². The van der Waals surface area contributed by atoms with Crippen molar-refractivity contribution in [2.75, 3.05) is 11.9 Å². The molecule has 1 N–H and O–H groups in total. The number of para-hydroxylation sites is 2. The van der Waals surface area contributed by atoms with Gasteiger partial charge < -0.3 is 14.8 Å². The quantitative estimate of drug-likeness (QED) is 0.255. The number of fused-ring (bicyclic) bond motifs is 2. The molecule has 7 heteroatoms. The number of rotatable bonds is 7. The van der Waals surface area contributed by atoms with Gasteiger partial charge in [-0.15, -0.1) is 11.3 Å². The number of anilines is 1. The lowest BCUT2D eigenvalue weighted by molar-refractivity contribution is 0.0526. The molecule has 1 atom stereocenters. The second-order valence-electron chi connectivity index (χ2n) is 9.97. The Bertz CT molecular complexity index is 1510. The van der Waals surface area contributed by atoms with Crippen molar-refractivity contribution in [3.63, 3.8) is 0 Å². The Hall–Kier alpha value is -3.71. The molecule has 0 bridgehead atoms. The largest absolute Gasteiger partial charge is 0.490 e. The van der Waals surface area contributed by atoms with E-state index < -0.39 is 0 Å². The highest BCUT2D eigenvalue weighted by atomic mass is 32.1. The lowest BCUT2D eigenvalue weighted by Crippen LogP contribution is -2.17. The summed E-state index contributed by atoms with van der Waals surface area (Å²) in [5, 5.41) is 4.37. The van der Waals surface area contributed by atoms with E-state index in [2.05, 4.69) is 12.2 Å². The van der Waals surface area contributed by atoms with Crippen LogP contribution in [0.3, 0.4) is 0 Å². The summed E-state index contributed by atoms with van der Waals surface area (Å²) in [6, 6.07) is 17.1. The number of esters is 1. The topological polar surface area (TPSA) is 77.5 Å². The van der Waals surface area contributed by atoms with Crippen molar-refractivity contribution >= 4 is 39.1 Å². The number of pyridine rings is 1. The van der Waals surface area contributed by atoms with Crippen LogP contribution in [-0.4, -0.2) is 29.6 Å². The van der Waals surface area contributed by atoms with Crippen LogP contribution in [0.15, 0.2) is 54.6 Å².